The molecule has 32 heavy (non-hydrogen) atoms. The summed E-state index contributed by atoms with van der Waals surface area (Å²) in [7, 11) is 1.30. The molecule has 0 fully saturated rings. The minimum atomic E-state index is -0.813. The number of aryl methyl sites for hydroxylation is 2. The molecule has 0 radical (unpaired) electrons. The fraction of sp³-hybridized carbons (Fsp3) is 0.481. The Bertz CT molecular complexity index is 815. The second-order valence-corrected chi connectivity index (χ2v) is 8.00. The van der Waals surface area contributed by atoms with E-state index < -0.39 is 23.7 Å². The predicted octanol–water partition coefficient (Wildman–Crippen LogP) is 6.63. The summed E-state index contributed by atoms with van der Waals surface area (Å²) < 4.78 is 10.1. The maximum absolute atomic E-state index is 12.1. The summed E-state index contributed by atoms with van der Waals surface area (Å²) in [5, 5.41) is 2.60. The quantitative estimate of drug-likeness (QED) is 0.527. The molecule has 2 aromatic rings. The van der Waals surface area contributed by atoms with Crippen LogP contribution in [0.5, 0.6) is 0 Å². The lowest BCUT2D eigenvalue weighted by atomic mass is 9.98. The SMILES string of the molecule is CC.CC.COC(=O)C(Cc1ccc(-c2cc(C)cc(C)c2)cc1)NC(=O)OC(C)(C)C. The first-order chi connectivity index (χ1) is 15.1. The van der Waals surface area contributed by atoms with Crippen LogP contribution in [0.2, 0.25) is 0 Å². The molecule has 1 N–H and O–H groups in total. The molecule has 0 aliphatic carbocycles. The molecule has 0 bridgehead atoms. The van der Waals surface area contributed by atoms with Crippen molar-refractivity contribution in [3.63, 3.8) is 0 Å². The van der Waals surface area contributed by atoms with Gasteiger partial charge in [-0.1, -0.05) is 81.3 Å². The van der Waals surface area contributed by atoms with Gasteiger partial charge in [-0.3, -0.25) is 0 Å². The molecule has 1 unspecified atom stereocenters. The molecule has 2 rings (SSSR count). The fourth-order valence-electron chi connectivity index (χ4n) is 3.00. The van der Waals surface area contributed by atoms with E-state index in [9.17, 15) is 9.59 Å². The Morgan fingerprint density at radius 1 is 0.875 bits per heavy atom. The van der Waals surface area contributed by atoms with E-state index >= 15 is 0 Å². The van der Waals surface area contributed by atoms with Crippen LogP contribution >= 0.6 is 0 Å². The van der Waals surface area contributed by atoms with Gasteiger partial charge in [0.05, 0.1) is 7.11 Å². The van der Waals surface area contributed by atoms with Gasteiger partial charge in [-0.25, -0.2) is 9.59 Å². The highest BCUT2D eigenvalue weighted by molar-refractivity contribution is 5.81. The minimum Gasteiger partial charge on any atom is -0.467 e. The maximum atomic E-state index is 12.1. The van der Waals surface area contributed by atoms with E-state index in [-0.39, 0.29) is 0 Å². The topological polar surface area (TPSA) is 64.6 Å². The molecular weight excluding hydrogens is 402 g/mol. The van der Waals surface area contributed by atoms with Gasteiger partial charge in [-0.15, -0.1) is 0 Å². The van der Waals surface area contributed by atoms with Crippen molar-refractivity contribution in [3.05, 3.63) is 59.2 Å². The van der Waals surface area contributed by atoms with E-state index in [0.29, 0.717) is 6.42 Å². The van der Waals surface area contributed by atoms with Gasteiger partial charge in [-0.2, -0.15) is 0 Å². The number of alkyl carbamates (subject to hydrolysis) is 1. The number of carbonyl (C=O) groups excluding carboxylic acids is 2. The number of hydrogen-bond acceptors (Lipinski definition) is 4. The van der Waals surface area contributed by atoms with Gasteiger partial charge in [0.25, 0.3) is 0 Å². The first-order valence-corrected chi connectivity index (χ1v) is 11.3. The third-order valence-corrected chi connectivity index (χ3v) is 4.13. The molecule has 1 atom stereocenters. The Hall–Kier alpha value is -2.82. The number of methoxy groups -OCH3 is 1. The number of carbonyl (C=O) groups is 2. The van der Waals surface area contributed by atoms with Crippen LogP contribution in [0.15, 0.2) is 42.5 Å². The lowest BCUT2D eigenvalue weighted by Gasteiger charge is -2.22. The highest BCUT2D eigenvalue weighted by Gasteiger charge is 2.25. The summed E-state index contributed by atoms with van der Waals surface area (Å²) in [6, 6.07) is 13.6. The zero-order valence-corrected chi connectivity index (χ0v) is 21.5. The van der Waals surface area contributed by atoms with Crippen molar-refractivity contribution in [2.24, 2.45) is 0 Å². The third kappa shape index (κ3) is 10.5. The Morgan fingerprint density at radius 3 is 1.81 bits per heavy atom. The minimum absolute atomic E-state index is 0.318. The van der Waals surface area contributed by atoms with Gasteiger partial charge in [0, 0.05) is 6.42 Å². The Morgan fingerprint density at radius 2 is 1.38 bits per heavy atom. The van der Waals surface area contributed by atoms with Crippen LogP contribution < -0.4 is 5.32 Å². The zero-order valence-electron chi connectivity index (χ0n) is 21.5. The lowest BCUT2D eigenvalue weighted by Crippen LogP contribution is -2.45. The highest BCUT2D eigenvalue weighted by atomic mass is 16.6. The van der Waals surface area contributed by atoms with Crippen molar-refractivity contribution in [1.82, 2.24) is 5.32 Å². The molecule has 0 aromatic heterocycles. The average molecular weight is 444 g/mol. The molecule has 0 aliphatic heterocycles. The molecule has 2 aromatic carbocycles. The van der Waals surface area contributed by atoms with Crippen LogP contribution in [-0.2, 0) is 20.7 Å². The van der Waals surface area contributed by atoms with E-state index in [1.54, 1.807) is 20.8 Å². The summed E-state index contributed by atoms with van der Waals surface area (Å²) in [4.78, 5) is 24.1. The summed E-state index contributed by atoms with van der Waals surface area (Å²) in [5.41, 5.74) is 4.96. The number of nitrogens with one attached hydrogen (secondary N) is 1. The Labute approximate surface area is 194 Å². The third-order valence-electron chi connectivity index (χ3n) is 4.13. The Kier molecular flexibility index (Phi) is 13.0. The van der Waals surface area contributed by atoms with Gasteiger partial charge in [0.15, 0.2) is 0 Å². The van der Waals surface area contributed by atoms with Gasteiger partial charge < -0.3 is 14.8 Å². The smallest absolute Gasteiger partial charge is 0.408 e. The number of ether oxygens (including phenoxy) is 2. The van der Waals surface area contributed by atoms with Gasteiger partial charge in [0.1, 0.15) is 11.6 Å². The van der Waals surface area contributed by atoms with Crippen LogP contribution in [-0.4, -0.2) is 30.8 Å². The second-order valence-electron chi connectivity index (χ2n) is 8.00. The van der Waals surface area contributed by atoms with E-state index in [1.807, 2.05) is 52.0 Å². The molecule has 0 saturated heterocycles. The van der Waals surface area contributed by atoms with E-state index in [2.05, 4.69) is 37.4 Å². The van der Waals surface area contributed by atoms with Crippen LogP contribution in [0.3, 0.4) is 0 Å². The molecule has 5 nitrogen and oxygen atoms in total. The van der Waals surface area contributed by atoms with Gasteiger partial charge in [0.2, 0.25) is 0 Å². The number of hydrogen-bond donors (Lipinski definition) is 1. The Balaban J connectivity index is 0.00000227. The summed E-state index contributed by atoms with van der Waals surface area (Å²) in [5.74, 6) is -0.510. The molecular formula is C27H41NO4. The van der Waals surface area contributed by atoms with E-state index in [0.717, 1.165) is 16.7 Å². The first kappa shape index (κ1) is 29.2. The van der Waals surface area contributed by atoms with Crippen molar-refractivity contribution in [1.29, 1.82) is 0 Å². The molecule has 0 spiro atoms. The monoisotopic (exact) mass is 443 g/mol. The molecule has 0 heterocycles. The van der Waals surface area contributed by atoms with E-state index in [1.165, 1.54) is 18.2 Å². The average Bonchev–Trinajstić information content (AvgIpc) is 2.74. The fourth-order valence-corrected chi connectivity index (χ4v) is 3.00. The highest BCUT2D eigenvalue weighted by Crippen LogP contribution is 2.23. The molecule has 5 heteroatoms. The van der Waals surface area contributed by atoms with Crippen LogP contribution in [0, 0.1) is 13.8 Å². The van der Waals surface area contributed by atoms with Crippen LogP contribution in [0.4, 0.5) is 4.79 Å². The largest absolute Gasteiger partial charge is 0.467 e. The summed E-state index contributed by atoms with van der Waals surface area (Å²) >= 11 is 0. The molecule has 178 valence electrons. The molecule has 1 amide bonds. The second kappa shape index (κ2) is 14.3. The first-order valence-electron chi connectivity index (χ1n) is 11.3. The lowest BCUT2D eigenvalue weighted by molar-refractivity contribution is -0.143. The van der Waals surface area contributed by atoms with Crippen molar-refractivity contribution >= 4 is 12.1 Å². The van der Waals surface area contributed by atoms with Crippen LogP contribution in [0.25, 0.3) is 11.1 Å². The van der Waals surface area contributed by atoms with Crippen LogP contribution in [0.1, 0.15) is 65.2 Å². The van der Waals surface area contributed by atoms with Crippen molar-refractivity contribution in [2.75, 3.05) is 7.11 Å². The zero-order chi connectivity index (χ0) is 24.9. The van der Waals surface area contributed by atoms with Crippen molar-refractivity contribution in [3.8, 4) is 11.1 Å². The van der Waals surface area contributed by atoms with Crippen molar-refractivity contribution < 1.29 is 19.1 Å². The standard InChI is InChI=1S/C23H29NO4.2C2H6/c1-15-11-16(2)13-19(12-15)18-9-7-17(8-10-18)14-20(21(25)27-6)24-22(26)28-23(3,4)5;2*1-2/h7-13,20H,14H2,1-6H3,(H,24,26);2*1-2H3. The maximum Gasteiger partial charge on any atom is 0.408 e. The van der Waals surface area contributed by atoms with E-state index in [4.69, 9.17) is 9.47 Å². The molecule has 0 aliphatic rings. The number of benzene rings is 2. The normalized spacial score (nSPS) is 11.1. The summed E-state index contributed by atoms with van der Waals surface area (Å²) in [6.07, 6.45) is -0.325. The van der Waals surface area contributed by atoms with Gasteiger partial charge >= 0.3 is 12.1 Å². The van der Waals surface area contributed by atoms with Gasteiger partial charge in [-0.05, 0) is 51.3 Å². The number of esters is 1. The van der Waals surface area contributed by atoms with Crippen molar-refractivity contribution in [2.45, 2.75) is 80.4 Å². The number of amides is 1. The molecule has 0 saturated carbocycles. The summed E-state index contributed by atoms with van der Waals surface area (Å²) in [6.45, 7) is 17.5. The number of rotatable bonds is 5. The predicted molar refractivity (Wildman–Crippen MR) is 133 cm³/mol.